The Hall–Kier alpha value is -0.200. The van der Waals surface area contributed by atoms with E-state index in [9.17, 15) is 13.2 Å². The summed E-state index contributed by atoms with van der Waals surface area (Å²) in [6, 6.07) is 7.77. The van der Waals surface area contributed by atoms with Crippen molar-refractivity contribution in [3.8, 4) is 0 Å². The largest absolute Gasteiger partial charge is 0.441 e. The summed E-state index contributed by atoms with van der Waals surface area (Å²) < 4.78 is 37.4. The van der Waals surface area contributed by atoms with Crippen LogP contribution in [-0.2, 0) is 0 Å². The quantitative estimate of drug-likeness (QED) is 0.754. The summed E-state index contributed by atoms with van der Waals surface area (Å²) in [6.07, 6.45) is 0.513. The van der Waals surface area contributed by atoms with Crippen molar-refractivity contribution in [3.05, 3.63) is 34.3 Å². The van der Waals surface area contributed by atoms with Crippen LogP contribution in [0.25, 0.3) is 0 Å². The van der Waals surface area contributed by atoms with E-state index in [4.69, 9.17) is 0 Å². The van der Waals surface area contributed by atoms with Crippen LogP contribution >= 0.6 is 27.7 Å². The van der Waals surface area contributed by atoms with Gasteiger partial charge in [-0.25, -0.2) is 0 Å². The summed E-state index contributed by atoms with van der Waals surface area (Å²) in [7, 11) is 0. The van der Waals surface area contributed by atoms with Crippen LogP contribution in [0.15, 0.2) is 28.7 Å². The summed E-state index contributed by atoms with van der Waals surface area (Å²) in [6.45, 7) is 3.51. The van der Waals surface area contributed by atoms with E-state index in [-0.39, 0.29) is 23.4 Å². The van der Waals surface area contributed by atoms with E-state index in [2.05, 4.69) is 21.2 Å². The lowest BCUT2D eigenvalue weighted by Crippen LogP contribution is -2.22. The smallest absolute Gasteiger partial charge is 0.316 e. The molecule has 0 aliphatic carbocycles. The number of alkyl halides is 3. The van der Waals surface area contributed by atoms with Gasteiger partial charge in [-0.1, -0.05) is 46.7 Å². The predicted molar refractivity (Wildman–Crippen MR) is 78.6 cm³/mol. The zero-order chi connectivity index (χ0) is 14.3. The second kappa shape index (κ2) is 8.17. The number of rotatable bonds is 7. The number of likely N-dealkylation sites (N-methyl/N-ethyl adjacent to an activating group) is 1. The molecule has 1 N–H and O–H groups in total. The molecule has 1 rings (SSSR count). The molecule has 0 radical (unpaired) electrons. The Kier molecular flexibility index (Phi) is 7.25. The molecule has 0 bridgehead atoms. The fourth-order valence-electron chi connectivity index (χ4n) is 1.76. The lowest BCUT2D eigenvalue weighted by atomic mass is 9.96. The van der Waals surface area contributed by atoms with Gasteiger partial charge < -0.3 is 5.32 Å². The van der Waals surface area contributed by atoms with E-state index in [0.717, 1.165) is 16.6 Å². The van der Waals surface area contributed by atoms with Crippen LogP contribution in [0.1, 0.15) is 24.8 Å². The molecule has 0 aliphatic rings. The molecule has 6 heteroatoms. The van der Waals surface area contributed by atoms with Crippen molar-refractivity contribution in [2.75, 3.05) is 18.8 Å². The van der Waals surface area contributed by atoms with Gasteiger partial charge in [0.25, 0.3) is 0 Å². The van der Waals surface area contributed by atoms with Crippen LogP contribution in [0.4, 0.5) is 13.2 Å². The zero-order valence-corrected chi connectivity index (χ0v) is 13.0. The predicted octanol–water partition coefficient (Wildman–Crippen LogP) is 4.79. The Labute approximate surface area is 124 Å². The molecule has 0 amide bonds. The third-order valence-electron chi connectivity index (χ3n) is 2.71. The van der Waals surface area contributed by atoms with Gasteiger partial charge in [-0.2, -0.15) is 13.2 Å². The van der Waals surface area contributed by atoms with Crippen LogP contribution < -0.4 is 5.32 Å². The van der Waals surface area contributed by atoms with Crippen LogP contribution in [0.3, 0.4) is 0 Å². The first-order chi connectivity index (χ1) is 8.92. The number of halogens is 4. The molecule has 1 aromatic rings. The average Bonchev–Trinajstić information content (AvgIpc) is 2.33. The van der Waals surface area contributed by atoms with Crippen molar-refractivity contribution >= 4 is 27.7 Å². The first kappa shape index (κ1) is 16.9. The minimum Gasteiger partial charge on any atom is -0.316 e. The minimum absolute atomic E-state index is 0.0561. The Morgan fingerprint density at radius 3 is 2.42 bits per heavy atom. The van der Waals surface area contributed by atoms with Gasteiger partial charge in [-0.05, 0) is 36.6 Å². The number of hydrogen-bond donors (Lipinski definition) is 1. The van der Waals surface area contributed by atoms with Gasteiger partial charge in [0.1, 0.15) is 0 Å². The van der Waals surface area contributed by atoms with Gasteiger partial charge in [-0.15, -0.1) is 0 Å². The van der Waals surface area contributed by atoms with Crippen molar-refractivity contribution in [2.24, 2.45) is 0 Å². The molecule has 0 aromatic heterocycles. The second-order valence-electron chi connectivity index (χ2n) is 4.14. The molecule has 0 saturated carbocycles. The van der Waals surface area contributed by atoms with Crippen LogP contribution in [0.2, 0.25) is 0 Å². The van der Waals surface area contributed by atoms with E-state index in [1.807, 2.05) is 31.2 Å². The lowest BCUT2D eigenvalue weighted by Gasteiger charge is -2.18. The Morgan fingerprint density at radius 2 is 1.89 bits per heavy atom. The van der Waals surface area contributed by atoms with Crippen LogP contribution in [-0.4, -0.2) is 24.4 Å². The molecule has 108 valence electrons. The van der Waals surface area contributed by atoms with E-state index in [1.54, 1.807) is 0 Å². The number of hydrogen-bond acceptors (Lipinski definition) is 2. The Balaban J connectivity index is 2.58. The number of nitrogens with one attached hydrogen (secondary N) is 1. The summed E-state index contributed by atoms with van der Waals surface area (Å²) >= 11 is 3.41. The molecule has 1 nitrogen and oxygen atoms in total. The zero-order valence-electron chi connectivity index (χ0n) is 10.6. The topological polar surface area (TPSA) is 12.0 Å². The van der Waals surface area contributed by atoms with E-state index < -0.39 is 5.51 Å². The van der Waals surface area contributed by atoms with Crippen molar-refractivity contribution in [2.45, 2.75) is 24.8 Å². The fourth-order valence-corrected chi connectivity index (χ4v) is 2.66. The maximum atomic E-state index is 12.2. The minimum atomic E-state index is -4.14. The second-order valence-corrected chi connectivity index (χ2v) is 6.21. The fraction of sp³-hybridized carbons (Fsp3) is 0.538. The molecule has 0 heterocycles. The molecule has 0 saturated heterocycles. The van der Waals surface area contributed by atoms with Crippen molar-refractivity contribution in [1.82, 2.24) is 5.32 Å². The number of thioether (sulfide) groups is 1. The van der Waals surface area contributed by atoms with E-state index in [0.29, 0.717) is 13.0 Å². The molecule has 1 aromatic carbocycles. The maximum absolute atomic E-state index is 12.2. The molecule has 0 fully saturated rings. The summed E-state index contributed by atoms with van der Waals surface area (Å²) in [5.41, 5.74) is -3.06. The third kappa shape index (κ3) is 7.22. The highest BCUT2D eigenvalue weighted by molar-refractivity contribution is 9.10. The maximum Gasteiger partial charge on any atom is 0.441 e. The van der Waals surface area contributed by atoms with Gasteiger partial charge in [0.05, 0.1) is 0 Å². The van der Waals surface area contributed by atoms with Gasteiger partial charge in [0.15, 0.2) is 0 Å². The van der Waals surface area contributed by atoms with Gasteiger partial charge in [-0.3, -0.25) is 0 Å². The average molecular weight is 356 g/mol. The highest BCUT2D eigenvalue weighted by Gasteiger charge is 2.28. The van der Waals surface area contributed by atoms with Crippen LogP contribution in [0, 0.1) is 0 Å². The SMILES string of the molecule is CCNCC(CCSC(F)(F)F)c1ccc(Br)cc1. The van der Waals surface area contributed by atoms with Crippen LogP contribution in [0.5, 0.6) is 0 Å². The standard InChI is InChI=1S/C13H17BrF3NS/c1-2-18-9-11(7-8-19-13(15,16)17)10-3-5-12(14)6-4-10/h3-6,11,18H,2,7-9H2,1H3. The Morgan fingerprint density at radius 1 is 1.26 bits per heavy atom. The first-order valence-corrected chi connectivity index (χ1v) is 7.87. The highest BCUT2D eigenvalue weighted by Crippen LogP contribution is 2.32. The van der Waals surface area contributed by atoms with Gasteiger partial charge >= 0.3 is 5.51 Å². The Bertz CT molecular complexity index is 367. The number of benzene rings is 1. The molecule has 0 spiro atoms. The lowest BCUT2D eigenvalue weighted by molar-refractivity contribution is -0.0328. The molecule has 0 aliphatic heterocycles. The monoisotopic (exact) mass is 355 g/mol. The molecular weight excluding hydrogens is 339 g/mol. The normalized spacial score (nSPS) is 13.5. The van der Waals surface area contributed by atoms with E-state index in [1.165, 1.54) is 0 Å². The summed E-state index contributed by atoms with van der Waals surface area (Å²) in [4.78, 5) is 0. The van der Waals surface area contributed by atoms with Crippen molar-refractivity contribution in [1.29, 1.82) is 0 Å². The summed E-state index contributed by atoms with van der Waals surface area (Å²) in [5, 5.41) is 3.21. The molecular formula is C13H17BrF3NS. The van der Waals surface area contributed by atoms with Crippen molar-refractivity contribution < 1.29 is 13.2 Å². The molecule has 1 atom stereocenters. The molecule has 1 unspecified atom stereocenters. The molecule has 19 heavy (non-hydrogen) atoms. The van der Waals surface area contributed by atoms with Gasteiger partial charge in [0.2, 0.25) is 0 Å². The van der Waals surface area contributed by atoms with E-state index >= 15 is 0 Å². The third-order valence-corrected chi connectivity index (χ3v) is 4.01. The van der Waals surface area contributed by atoms with Crippen molar-refractivity contribution in [3.63, 3.8) is 0 Å². The highest BCUT2D eigenvalue weighted by atomic mass is 79.9. The first-order valence-electron chi connectivity index (χ1n) is 6.09. The summed E-state index contributed by atoms with van der Waals surface area (Å²) in [5.74, 6) is 0.207. The van der Waals surface area contributed by atoms with Gasteiger partial charge in [0, 0.05) is 16.8 Å².